The summed E-state index contributed by atoms with van der Waals surface area (Å²) in [5, 5.41) is 16.6. The molecule has 146 valence electrons. The Kier molecular flexibility index (Phi) is 5.89. The van der Waals surface area contributed by atoms with Gasteiger partial charge in [-0.3, -0.25) is 9.59 Å². The number of methoxy groups -OCH3 is 1. The number of carbonyl (C=O) groups excluding carboxylic acids is 3. The minimum absolute atomic E-state index is 0.0597. The molecule has 2 N–H and O–H groups in total. The van der Waals surface area contributed by atoms with Crippen LogP contribution in [0.2, 0.25) is 0 Å². The minimum Gasteiger partial charge on any atom is -0.545 e. The van der Waals surface area contributed by atoms with Crippen molar-refractivity contribution in [3.05, 3.63) is 89.5 Å². The predicted octanol–water partition coefficient (Wildman–Crippen LogP) is 2.56. The van der Waals surface area contributed by atoms with Crippen LogP contribution in [-0.2, 0) is 0 Å². The fourth-order valence-corrected chi connectivity index (χ4v) is 2.74. The summed E-state index contributed by atoms with van der Waals surface area (Å²) in [6.07, 6.45) is 0. The van der Waals surface area contributed by atoms with Crippen molar-refractivity contribution in [3.8, 4) is 5.75 Å². The number of anilines is 2. The first-order valence-electron chi connectivity index (χ1n) is 8.65. The summed E-state index contributed by atoms with van der Waals surface area (Å²) in [6.45, 7) is 0. The summed E-state index contributed by atoms with van der Waals surface area (Å²) < 4.78 is 5.14. The molecular formula is C22H17N2O5-. The van der Waals surface area contributed by atoms with Gasteiger partial charge in [-0.1, -0.05) is 36.4 Å². The van der Waals surface area contributed by atoms with E-state index in [2.05, 4.69) is 10.6 Å². The SMILES string of the molecule is COc1cccc(NC(=O)c2ccccc2NC(=O)c2ccccc2C(=O)[O-])c1. The highest BCUT2D eigenvalue weighted by Crippen LogP contribution is 2.21. The molecule has 0 aliphatic carbocycles. The van der Waals surface area contributed by atoms with E-state index in [0.29, 0.717) is 11.4 Å². The van der Waals surface area contributed by atoms with Crippen LogP contribution in [0.25, 0.3) is 0 Å². The highest BCUT2D eigenvalue weighted by atomic mass is 16.5. The Hall–Kier alpha value is -4.13. The molecule has 0 fully saturated rings. The molecule has 0 aromatic heterocycles. The average molecular weight is 389 g/mol. The Morgan fingerprint density at radius 1 is 0.759 bits per heavy atom. The number of amides is 2. The van der Waals surface area contributed by atoms with Gasteiger partial charge < -0.3 is 25.3 Å². The first-order valence-corrected chi connectivity index (χ1v) is 8.65. The highest BCUT2D eigenvalue weighted by Gasteiger charge is 2.16. The van der Waals surface area contributed by atoms with Crippen LogP contribution in [0.4, 0.5) is 11.4 Å². The average Bonchev–Trinajstić information content (AvgIpc) is 2.74. The molecule has 0 saturated heterocycles. The summed E-state index contributed by atoms with van der Waals surface area (Å²) >= 11 is 0. The van der Waals surface area contributed by atoms with Crippen molar-refractivity contribution in [1.82, 2.24) is 0 Å². The molecule has 0 aliphatic rings. The van der Waals surface area contributed by atoms with E-state index in [0.717, 1.165) is 0 Å². The number of carboxylic acids is 1. The lowest BCUT2D eigenvalue weighted by atomic mass is 10.1. The van der Waals surface area contributed by atoms with E-state index in [9.17, 15) is 19.5 Å². The van der Waals surface area contributed by atoms with Crippen LogP contribution in [0.3, 0.4) is 0 Å². The lowest BCUT2D eigenvalue weighted by Gasteiger charge is -2.14. The van der Waals surface area contributed by atoms with Gasteiger partial charge in [0.25, 0.3) is 11.8 Å². The van der Waals surface area contributed by atoms with Crippen LogP contribution in [0.5, 0.6) is 5.75 Å². The van der Waals surface area contributed by atoms with Crippen molar-refractivity contribution in [2.45, 2.75) is 0 Å². The Balaban J connectivity index is 1.84. The van der Waals surface area contributed by atoms with E-state index in [-0.39, 0.29) is 22.4 Å². The van der Waals surface area contributed by atoms with Crippen LogP contribution in [0.15, 0.2) is 72.8 Å². The van der Waals surface area contributed by atoms with Crippen LogP contribution in [0.1, 0.15) is 31.1 Å². The maximum absolute atomic E-state index is 12.7. The minimum atomic E-state index is -1.46. The number of hydrogen-bond donors (Lipinski definition) is 2. The second kappa shape index (κ2) is 8.71. The van der Waals surface area contributed by atoms with Gasteiger partial charge in [-0.2, -0.15) is 0 Å². The molecule has 3 aromatic carbocycles. The zero-order valence-corrected chi connectivity index (χ0v) is 15.5. The van der Waals surface area contributed by atoms with Crippen LogP contribution in [0, 0.1) is 0 Å². The molecule has 0 atom stereocenters. The molecule has 7 nitrogen and oxygen atoms in total. The zero-order valence-electron chi connectivity index (χ0n) is 15.5. The lowest BCUT2D eigenvalue weighted by molar-refractivity contribution is -0.255. The molecule has 7 heteroatoms. The first-order chi connectivity index (χ1) is 14.0. The number of nitrogens with one attached hydrogen (secondary N) is 2. The third-order valence-corrected chi connectivity index (χ3v) is 4.14. The van der Waals surface area contributed by atoms with Crippen molar-refractivity contribution in [3.63, 3.8) is 0 Å². The largest absolute Gasteiger partial charge is 0.545 e. The van der Waals surface area contributed by atoms with Crippen LogP contribution in [-0.4, -0.2) is 24.9 Å². The number of carboxylic acid groups (broad SMARTS) is 1. The fourth-order valence-electron chi connectivity index (χ4n) is 2.74. The van der Waals surface area contributed by atoms with Gasteiger partial charge in [-0.15, -0.1) is 0 Å². The van der Waals surface area contributed by atoms with Gasteiger partial charge >= 0.3 is 0 Å². The predicted molar refractivity (Wildman–Crippen MR) is 106 cm³/mol. The van der Waals surface area contributed by atoms with E-state index in [1.165, 1.54) is 25.3 Å². The molecule has 0 bridgehead atoms. The van der Waals surface area contributed by atoms with Crippen LogP contribution >= 0.6 is 0 Å². The maximum atomic E-state index is 12.7. The van der Waals surface area contributed by atoms with E-state index < -0.39 is 17.8 Å². The molecule has 0 radical (unpaired) electrons. The lowest BCUT2D eigenvalue weighted by Crippen LogP contribution is -2.26. The summed E-state index contributed by atoms with van der Waals surface area (Å²) in [6, 6.07) is 19.0. The van der Waals surface area contributed by atoms with E-state index >= 15 is 0 Å². The molecule has 0 spiro atoms. The Bertz CT molecular complexity index is 1080. The summed E-state index contributed by atoms with van der Waals surface area (Å²) in [5.41, 5.74) is 0.692. The molecule has 0 aliphatic heterocycles. The molecule has 2 amide bonds. The molecule has 3 rings (SSSR count). The number of carbonyl (C=O) groups is 3. The standard InChI is InChI=1S/C22H18N2O5/c1-29-15-8-6-7-14(13-15)23-21(26)18-11-4-5-12-19(18)24-20(25)16-9-2-3-10-17(16)22(27)28/h2-13H,1H3,(H,23,26)(H,24,25)(H,27,28)/p-1. The maximum Gasteiger partial charge on any atom is 0.257 e. The number of rotatable bonds is 6. The van der Waals surface area contributed by atoms with E-state index in [1.54, 1.807) is 54.6 Å². The van der Waals surface area contributed by atoms with Gasteiger partial charge in [0.1, 0.15) is 5.75 Å². The molecule has 3 aromatic rings. The van der Waals surface area contributed by atoms with Crippen molar-refractivity contribution in [1.29, 1.82) is 0 Å². The fraction of sp³-hybridized carbons (Fsp3) is 0.0455. The molecule has 0 heterocycles. The third kappa shape index (κ3) is 4.59. The number of aromatic carboxylic acids is 1. The number of ether oxygens (including phenoxy) is 1. The van der Waals surface area contributed by atoms with Gasteiger partial charge in [0.2, 0.25) is 0 Å². The third-order valence-electron chi connectivity index (χ3n) is 4.14. The Labute approximate surface area is 166 Å². The van der Waals surface area contributed by atoms with E-state index in [1.807, 2.05) is 0 Å². The second-order valence-corrected chi connectivity index (χ2v) is 6.02. The van der Waals surface area contributed by atoms with Crippen molar-refractivity contribution in [2.24, 2.45) is 0 Å². The summed E-state index contributed by atoms with van der Waals surface area (Å²) in [4.78, 5) is 36.6. The zero-order chi connectivity index (χ0) is 20.8. The van der Waals surface area contributed by atoms with Crippen molar-refractivity contribution >= 4 is 29.2 Å². The number of benzene rings is 3. The smallest absolute Gasteiger partial charge is 0.257 e. The van der Waals surface area contributed by atoms with Crippen LogP contribution < -0.4 is 20.5 Å². The Morgan fingerprint density at radius 3 is 2.07 bits per heavy atom. The Morgan fingerprint density at radius 2 is 1.38 bits per heavy atom. The second-order valence-electron chi connectivity index (χ2n) is 6.02. The summed E-state index contributed by atoms with van der Waals surface area (Å²) in [7, 11) is 1.52. The highest BCUT2D eigenvalue weighted by molar-refractivity contribution is 6.14. The quantitative estimate of drug-likeness (QED) is 0.674. The van der Waals surface area contributed by atoms with Gasteiger partial charge in [-0.05, 0) is 30.3 Å². The first kappa shape index (κ1) is 19.6. The normalized spacial score (nSPS) is 10.1. The topological polar surface area (TPSA) is 108 Å². The monoisotopic (exact) mass is 389 g/mol. The molecule has 0 saturated carbocycles. The van der Waals surface area contributed by atoms with Gasteiger partial charge in [0.05, 0.1) is 24.3 Å². The number of para-hydroxylation sites is 1. The summed E-state index contributed by atoms with van der Waals surface area (Å²) in [5.74, 6) is -1.98. The molecule has 0 unspecified atom stereocenters. The van der Waals surface area contributed by atoms with E-state index in [4.69, 9.17) is 4.74 Å². The molecular weight excluding hydrogens is 372 g/mol. The number of hydrogen-bond acceptors (Lipinski definition) is 5. The van der Waals surface area contributed by atoms with Crippen molar-refractivity contribution in [2.75, 3.05) is 17.7 Å². The van der Waals surface area contributed by atoms with Crippen molar-refractivity contribution < 1.29 is 24.2 Å². The van der Waals surface area contributed by atoms with Gasteiger partial charge in [0, 0.05) is 22.9 Å². The van der Waals surface area contributed by atoms with Gasteiger partial charge in [-0.25, -0.2) is 0 Å². The van der Waals surface area contributed by atoms with Gasteiger partial charge in [0.15, 0.2) is 0 Å². The molecule has 29 heavy (non-hydrogen) atoms.